The molecule has 1 atom stereocenters. The minimum atomic E-state index is -2.78. The van der Waals surface area contributed by atoms with Crippen LogP contribution in [0.15, 0.2) is 66.7 Å². The van der Waals surface area contributed by atoms with Crippen LogP contribution >= 0.6 is 7.14 Å². The fourth-order valence-corrected chi connectivity index (χ4v) is 7.10. The zero-order valence-electron chi connectivity index (χ0n) is 12.7. The first-order chi connectivity index (χ1) is 10.6. The number of rotatable bonds is 1. The van der Waals surface area contributed by atoms with Gasteiger partial charge in [0, 0.05) is 15.9 Å². The van der Waals surface area contributed by atoms with Gasteiger partial charge in [0.25, 0.3) is 0 Å². The van der Waals surface area contributed by atoms with Crippen LogP contribution in [0.25, 0.3) is 11.1 Å². The maximum atomic E-state index is 14.3. The Morgan fingerprint density at radius 3 is 2.00 bits per heavy atom. The number of benzene rings is 3. The topological polar surface area (TPSA) is 17.1 Å². The standard InChI is InChI=1S/C20H17OP/c1-14-8-3-5-12-18(14)22(21)19-13-6-4-10-16(19)17-11-7-9-15(2)20(17)22/h3-13H,1-2H3/t22-/m0/s1. The van der Waals surface area contributed by atoms with Crippen LogP contribution in [-0.4, -0.2) is 0 Å². The molecule has 3 aromatic carbocycles. The van der Waals surface area contributed by atoms with E-state index in [-0.39, 0.29) is 0 Å². The monoisotopic (exact) mass is 304 g/mol. The molecule has 0 unspecified atom stereocenters. The van der Waals surface area contributed by atoms with Crippen molar-refractivity contribution in [1.82, 2.24) is 0 Å². The molecule has 108 valence electrons. The van der Waals surface area contributed by atoms with Gasteiger partial charge >= 0.3 is 0 Å². The number of aryl methyl sites for hydroxylation is 2. The quantitative estimate of drug-likeness (QED) is 0.487. The SMILES string of the molecule is Cc1ccccc1[P@]1(=O)c2ccccc2-c2cccc(C)c21. The Bertz CT molecular complexity index is 940. The van der Waals surface area contributed by atoms with Crippen molar-refractivity contribution in [3.05, 3.63) is 77.9 Å². The summed E-state index contributed by atoms with van der Waals surface area (Å²) in [5.74, 6) is 0. The van der Waals surface area contributed by atoms with Gasteiger partial charge < -0.3 is 4.57 Å². The predicted molar refractivity (Wildman–Crippen MR) is 94.3 cm³/mol. The van der Waals surface area contributed by atoms with Crippen LogP contribution < -0.4 is 15.9 Å². The Balaban J connectivity index is 2.18. The van der Waals surface area contributed by atoms with Crippen LogP contribution in [0.1, 0.15) is 11.1 Å². The fraction of sp³-hybridized carbons (Fsp3) is 0.100. The highest BCUT2D eigenvalue weighted by Gasteiger charge is 2.41. The first-order valence-electron chi connectivity index (χ1n) is 7.50. The van der Waals surface area contributed by atoms with E-state index in [4.69, 9.17) is 0 Å². The van der Waals surface area contributed by atoms with E-state index in [1.165, 1.54) is 0 Å². The van der Waals surface area contributed by atoms with Crippen LogP contribution in [0.5, 0.6) is 0 Å². The molecular formula is C20H17OP. The van der Waals surface area contributed by atoms with E-state index in [2.05, 4.69) is 31.2 Å². The third kappa shape index (κ3) is 1.63. The highest BCUT2D eigenvalue weighted by molar-refractivity contribution is 7.86. The van der Waals surface area contributed by atoms with Crippen LogP contribution in [0.3, 0.4) is 0 Å². The Kier molecular flexibility index (Phi) is 2.89. The van der Waals surface area contributed by atoms with Crippen LogP contribution in [-0.2, 0) is 4.57 Å². The molecule has 1 heterocycles. The van der Waals surface area contributed by atoms with Crippen molar-refractivity contribution in [3.8, 4) is 11.1 Å². The number of hydrogen-bond acceptors (Lipinski definition) is 1. The van der Waals surface area contributed by atoms with Crippen molar-refractivity contribution in [1.29, 1.82) is 0 Å². The van der Waals surface area contributed by atoms with Gasteiger partial charge in [0.2, 0.25) is 0 Å². The highest BCUT2D eigenvalue weighted by atomic mass is 31.2. The summed E-state index contributed by atoms with van der Waals surface area (Å²) >= 11 is 0. The van der Waals surface area contributed by atoms with Crippen molar-refractivity contribution in [2.45, 2.75) is 13.8 Å². The van der Waals surface area contributed by atoms with Crippen molar-refractivity contribution in [3.63, 3.8) is 0 Å². The second-order valence-electron chi connectivity index (χ2n) is 5.88. The molecule has 0 saturated heterocycles. The minimum Gasteiger partial charge on any atom is -0.309 e. The summed E-state index contributed by atoms with van der Waals surface area (Å²) in [5, 5.41) is 2.97. The van der Waals surface area contributed by atoms with Gasteiger partial charge in [0.1, 0.15) is 0 Å². The van der Waals surface area contributed by atoms with Crippen molar-refractivity contribution in [2.24, 2.45) is 0 Å². The molecule has 1 aliphatic heterocycles. The van der Waals surface area contributed by atoms with Crippen molar-refractivity contribution >= 4 is 23.1 Å². The molecule has 0 fully saturated rings. The van der Waals surface area contributed by atoms with Gasteiger partial charge in [-0.15, -0.1) is 0 Å². The number of fused-ring (bicyclic) bond motifs is 3. The largest absolute Gasteiger partial charge is 0.309 e. The molecule has 2 heteroatoms. The Morgan fingerprint density at radius 1 is 0.636 bits per heavy atom. The van der Waals surface area contributed by atoms with E-state index in [1.54, 1.807) is 0 Å². The maximum Gasteiger partial charge on any atom is 0.172 e. The second kappa shape index (κ2) is 4.69. The summed E-state index contributed by atoms with van der Waals surface area (Å²) in [4.78, 5) is 0. The Morgan fingerprint density at radius 2 is 1.23 bits per heavy atom. The molecule has 0 radical (unpaired) electrons. The first-order valence-corrected chi connectivity index (χ1v) is 9.21. The summed E-state index contributed by atoms with van der Waals surface area (Å²) in [5.41, 5.74) is 4.45. The maximum absolute atomic E-state index is 14.3. The third-order valence-electron chi connectivity index (χ3n) is 4.54. The molecule has 3 aromatic rings. The van der Waals surface area contributed by atoms with E-state index in [1.807, 2.05) is 49.4 Å². The zero-order valence-corrected chi connectivity index (χ0v) is 13.6. The summed E-state index contributed by atoms with van der Waals surface area (Å²) in [6, 6.07) is 22.4. The lowest BCUT2D eigenvalue weighted by Gasteiger charge is -2.19. The lowest BCUT2D eigenvalue weighted by Crippen LogP contribution is -2.24. The first kappa shape index (κ1) is 13.5. The van der Waals surface area contributed by atoms with E-state index in [0.29, 0.717) is 0 Å². The van der Waals surface area contributed by atoms with Gasteiger partial charge in [-0.1, -0.05) is 66.7 Å². The molecule has 0 amide bonds. The van der Waals surface area contributed by atoms with Gasteiger partial charge in [0.05, 0.1) is 0 Å². The number of hydrogen-bond donors (Lipinski definition) is 0. The Hall–Kier alpha value is -2.11. The van der Waals surface area contributed by atoms with Gasteiger partial charge in [-0.2, -0.15) is 0 Å². The van der Waals surface area contributed by atoms with Gasteiger partial charge in [-0.25, -0.2) is 0 Å². The van der Waals surface area contributed by atoms with Gasteiger partial charge in [-0.05, 0) is 36.1 Å². The molecule has 0 saturated carbocycles. The summed E-state index contributed by atoms with van der Waals surface area (Å²) in [7, 11) is -2.78. The molecule has 1 aliphatic rings. The lowest BCUT2D eigenvalue weighted by molar-refractivity contribution is 0.593. The van der Waals surface area contributed by atoms with Crippen LogP contribution in [0, 0.1) is 13.8 Å². The summed E-state index contributed by atoms with van der Waals surface area (Å²) in [6.07, 6.45) is 0. The van der Waals surface area contributed by atoms with Crippen molar-refractivity contribution in [2.75, 3.05) is 0 Å². The molecule has 1 nitrogen and oxygen atoms in total. The molecule has 4 rings (SSSR count). The molecular weight excluding hydrogens is 287 g/mol. The normalized spacial score (nSPS) is 18.8. The smallest absolute Gasteiger partial charge is 0.172 e. The Labute approximate surface area is 131 Å². The summed E-state index contributed by atoms with van der Waals surface area (Å²) in [6.45, 7) is 4.11. The molecule has 0 bridgehead atoms. The van der Waals surface area contributed by atoms with E-state index in [0.717, 1.165) is 38.2 Å². The predicted octanol–water partition coefficient (Wildman–Crippen LogP) is 3.92. The summed E-state index contributed by atoms with van der Waals surface area (Å²) < 4.78 is 14.3. The average molecular weight is 304 g/mol. The average Bonchev–Trinajstić information content (AvgIpc) is 2.80. The third-order valence-corrected chi connectivity index (χ3v) is 8.01. The molecule has 0 aliphatic carbocycles. The van der Waals surface area contributed by atoms with Gasteiger partial charge in [-0.3, -0.25) is 0 Å². The van der Waals surface area contributed by atoms with E-state index < -0.39 is 7.14 Å². The fourth-order valence-electron chi connectivity index (χ4n) is 3.56. The second-order valence-corrected chi connectivity index (χ2v) is 8.51. The molecule has 0 spiro atoms. The van der Waals surface area contributed by atoms with E-state index >= 15 is 0 Å². The van der Waals surface area contributed by atoms with Crippen LogP contribution in [0.2, 0.25) is 0 Å². The molecule has 22 heavy (non-hydrogen) atoms. The van der Waals surface area contributed by atoms with Gasteiger partial charge in [0.15, 0.2) is 7.14 Å². The minimum absolute atomic E-state index is 0.968. The van der Waals surface area contributed by atoms with Crippen molar-refractivity contribution < 1.29 is 4.57 Å². The molecule has 0 aromatic heterocycles. The van der Waals surface area contributed by atoms with Crippen LogP contribution in [0.4, 0.5) is 0 Å². The lowest BCUT2D eigenvalue weighted by atomic mass is 10.0. The highest BCUT2D eigenvalue weighted by Crippen LogP contribution is 2.53. The molecule has 0 N–H and O–H groups in total. The van der Waals surface area contributed by atoms with E-state index in [9.17, 15) is 4.57 Å². The zero-order chi connectivity index (χ0) is 15.3.